The average Bonchev–Trinajstić information content (AvgIpc) is 2.46. The second-order valence-electron chi connectivity index (χ2n) is 7.89. The molecule has 0 aromatic heterocycles. The van der Waals surface area contributed by atoms with E-state index in [9.17, 15) is 4.79 Å². The van der Waals surface area contributed by atoms with Crippen molar-refractivity contribution in [2.75, 3.05) is 26.8 Å². The molecule has 2 fully saturated rings. The van der Waals surface area contributed by atoms with E-state index in [1.165, 1.54) is 0 Å². The lowest BCUT2D eigenvalue weighted by atomic mass is 9.80. The van der Waals surface area contributed by atoms with E-state index in [0.29, 0.717) is 35.9 Å². The third-order valence-electron chi connectivity index (χ3n) is 5.87. The lowest BCUT2D eigenvalue weighted by Gasteiger charge is -2.50. The number of carbonyl (C=O) groups excluding carboxylic acids is 1. The predicted octanol–water partition coefficient (Wildman–Crippen LogP) is 2.62. The lowest BCUT2D eigenvalue weighted by molar-refractivity contribution is -0.141. The molecule has 0 aliphatic carbocycles. The van der Waals surface area contributed by atoms with Gasteiger partial charge in [0.2, 0.25) is 5.91 Å². The zero-order chi connectivity index (χ0) is 16.4. The molecule has 0 saturated carbocycles. The zero-order valence-corrected chi connectivity index (χ0v) is 15.2. The van der Waals surface area contributed by atoms with Gasteiger partial charge in [0.25, 0.3) is 0 Å². The SMILES string of the molecule is CC(=O)N1CCC(C(C)C)CC1C1COCC(C(C)C)N1C. The number of amides is 1. The van der Waals surface area contributed by atoms with Crippen LogP contribution >= 0.6 is 0 Å². The van der Waals surface area contributed by atoms with Crippen molar-refractivity contribution >= 4 is 5.91 Å². The van der Waals surface area contributed by atoms with E-state index in [1.807, 2.05) is 0 Å². The van der Waals surface area contributed by atoms with Crippen molar-refractivity contribution in [2.45, 2.75) is 65.6 Å². The Kier molecular flexibility index (Phi) is 5.89. The van der Waals surface area contributed by atoms with E-state index in [1.54, 1.807) is 6.92 Å². The second kappa shape index (κ2) is 7.31. The number of hydrogen-bond acceptors (Lipinski definition) is 3. The molecule has 0 bridgehead atoms. The minimum absolute atomic E-state index is 0.215. The Bertz CT molecular complexity index is 383. The van der Waals surface area contributed by atoms with Gasteiger partial charge in [-0.3, -0.25) is 9.69 Å². The molecule has 2 rings (SSSR count). The van der Waals surface area contributed by atoms with Crippen molar-refractivity contribution in [3.8, 4) is 0 Å². The number of rotatable bonds is 3. The van der Waals surface area contributed by atoms with Crippen LogP contribution in [0.4, 0.5) is 0 Å². The van der Waals surface area contributed by atoms with Crippen LogP contribution in [0.5, 0.6) is 0 Å². The molecule has 22 heavy (non-hydrogen) atoms. The molecule has 0 aromatic rings. The fraction of sp³-hybridized carbons (Fsp3) is 0.944. The average molecular weight is 310 g/mol. The summed E-state index contributed by atoms with van der Waals surface area (Å²) < 4.78 is 5.92. The minimum atomic E-state index is 0.215. The van der Waals surface area contributed by atoms with Crippen LogP contribution in [-0.4, -0.2) is 60.6 Å². The van der Waals surface area contributed by atoms with Gasteiger partial charge in [0, 0.05) is 25.6 Å². The molecule has 2 heterocycles. The number of piperidine rings is 1. The normalized spacial score (nSPS) is 34.5. The van der Waals surface area contributed by atoms with Gasteiger partial charge in [0.15, 0.2) is 0 Å². The maximum atomic E-state index is 12.1. The lowest BCUT2D eigenvalue weighted by Crippen LogP contribution is -2.63. The molecule has 2 aliphatic heterocycles. The fourth-order valence-electron chi connectivity index (χ4n) is 4.22. The Morgan fingerprint density at radius 3 is 2.32 bits per heavy atom. The molecule has 1 amide bonds. The largest absolute Gasteiger partial charge is 0.378 e. The third-order valence-corrected chi connectivity index (χ3v) is 5.87. The number of likely N-dealkylation sites (tertiary alicyclic amines) is 1. The van der Waals surface area contributed by atoms with Crippen molar-refractivity contribution in [3.05, 3.63) is 0 Å². The molecular formula is C18H34N2O2. The summed E-state index contributed by atoms with van der Waals surface area (Å²) in [6.45, 7) is 13.3. The number of likely N-dealkylation sites (N-methyl/N-ethyl adjacent to an activating group) is 1. The van der Waals surface area contributed by atoms with E-state index < -0.39 is 0 Å². The highest BCUT2D eigenvalue weighted by Crippen LogP contribution is 2.33. The highest BCUT2D eigenvalue weighted by Gasteiger charge is 2.41. The Morgan fingerprint density at radius 1 is 1.09 bits per heavy atom. The van der Waals surface area contributed by atoms with Crippen LogP contribution < -0.4 is 0 Å². The van der Waals surface area contributed by atoms with E-state index in [-0.39, 0.29) is 5.91 Å². The zero-order valence-electron chi connectivity index (χ0n) is 15.2. The van der Waals surface area contributed by atoms with Gasteiger partial charge >= 0.3 is 0 Å². The molecule has 4 nitrogen and oxygen atoms in total. The van der Waals surface area contributed by atoms with Gasteiger partial charge in [0.05, 0.1) is 19.3 Å². The second-order valence-corrected chi connectivity index (χ2v) is 7.89. The van der Waals surface area contributed by atoms with Crippen molar-refractivity contribution in [3.63, 3.8) is 0 Å². The van der Waals surface area contributed by atoms with Crippen molar-refractivity contribution in [1.29, 1.82) is 0 Å². The molecule has 2 saturated heterocycles. The Balaban J connectivity index is 2.18. The van der Waals surface area contributed by atoms with Crippen LogP contribution in [0.3, 0.4) is 0 Å². The molecule has 128 valence electrons. The maximum Gasteiger partial charge on any atom is 0.219 e. The van der Waals surface area contributed by atoms with Crippen LogP contribution in [0.2, 0.25) is 0 Å². The van der Waals surface area contributed by atoms with Crippen molar-refractivity contribution < 1.29 is 9.53 Å². The van der Waals surface area contributed by atoms with Crippen LogP contribution in [0, 0.1) is 17.8 Å². The van der Waals surface area contributed by atoms with E-state index in [0.717, 1.165) is 32.6 Å². The van der Waals surface area contributed by atoms with Crippen LogP contribution in [-0.2, 0) is 9.53 Å². The molecule has 0 radical (unpaired) electrons. The number of nitrogens with zero attached hydrogens (tertiary/aromatic N) is 2. The first-order chi connectivity index (χ1) is 10.3. The van der Waals surface area contributed by atoms with Gasteiger partial charge < -0.3 is 9.64 Å². The number of hydrogen-bond donors (Lipinski definition) is 0. The highest BCUT2D eigenvalue weighted by atomic mass is 16.5. The van der Waals surface area contributed by atoms with Crippen LogP contribution in [0.25, 0.3) is 0 Å². The van der Waals surface area contributed by atoms with Gasteiger partial charge in [-0.05, 0) is 37.6 Å². The molecular weight excluding hydrogens is 276 g/mol. The molecule has 4 heteroatoms. The number of carbonyl (C=O) groups is 1. The summed E-state index contributed by atoms with van der Waals surface area (Å²) in [4.78, 5) is 16.7. The minimum Gasteiger partial charge on any atom is -0.378 e. The first-order valence-corrected chi connectivity index (χ1v) is 8.89. The van der Waals surface area contributed by atoms with Gasteiger partial charge in [-0.25, -0.2) is 0 Å². The summed E-state index contributed by atoms with van der Waals surface area (Å²) in [5.74, 6) is 2.19. The molecule has 0 spiro atoms. The number of ether oxygens (including phenoxy) is 1. The Morgan fingerprint density at radius 2 is 1.77 bits per heavy atom. The molecule has 2 aliphatic rings. The molecule has 0 N–H and O–H groups in total. The summed E-state index contributed by atoms with van der Waals surface area (Å²) in [7, 11) is 2.22. The van der Waals surface area contributed by atoms with E-state index in [2.05, 4.69) is 44.5 Å². The van der Waals surface area contributed by atoms with Crippen molar-refractivity contribution in [1.82, 2.24) is 9.80 Å². The van der Waals surface area contributed by atoms with E-state index >= 15 is 0 Å². The van der Waals surface area contributed by atoms with Gasteiger partial charge in [-0.1, -0.05) is 27.7 Å². The summed E-state index contributed by atoms with van der Waals surface area (Å²) in [5, 5.41) is 0. The topological polar surface area (TPSA) is 32.8 Å². The smallest absolute Gasteiger partial charge is 0.219 e. The van der Waals surface area contributed by atoms with Crippen molar-refractivity contribution in [2.24, 2.45) is 17.8 Å². The number of morpholine rings is 1. The molecule has 4 atom stereocenters. The predicted molar refractivity (Wildman–Crippen MR) is 89.7 cm³/mol. The standard InChI is InChI=1S/C18H34N2O2/c1-12(2)15-7-8-20(14(5)21)16(9-15)18-11-22-10-17(13(3)4)19(18)6/h12-13,15-18H,7-11H2,1-6H3. The van der Waals surface area contributed by atoms with Gasteiger partial charge in [-0.15, -0.1) is 0 Å². The monoisotopic (exact) mass is 310 g/mol. The first-order valence-electron chi connectivity index (χ1n) is 8.89. The molecule has 4 unspecified atom stereocenters. The quantitative estimate of drug-likeness (QED) is 0.803. The summed E-state index contributed by atoms with van der Waals surface area (Å²) in [5.41, 5.74) is 0. The van der Waals surface area contributed by atoms with Crippen LogP contribution in [0.15, 0.2) is 0 Å². The van der Waals surface area contributed by atoms with Gasteiger partial charge in [-0.2, -0.15) is 0 Å². The van der Waals surface area contributed by atoms with E-state index in [4.69, 9.17) is 4.74 Å². The first kappa shape index (κ1) is 17.7. The summed E-state index contributed by atoms with van der Waals surface area (Å²) in [6.07, 6.45) is 2.25. The third kappa shape index (κ3) is 3.65. The fourth-order valence-corrected chi connectivity index (χ4v) is 4.22. The summed E-state index contributed by atoms with van der Waals surface area (Å²) >= 11 is 0. The maximum absolute atomic E-state index is 12.1. The highest BCUT2D eigenvalue weighted by molar-refractivity contribution is 5.73. The molecule has 0 aromatic carbocycles. The summed E-state index contributed by atoms with van der Waals surface area (Å²) in [6, 6.07) is 1.07. The van der Waals surface area contributed by atoms with Crippen LogP contribution in [0.1, 0.15) is 47.5 Å². The van der Waals surface area contributed by atoms with Gasteiger partial charge in [0.1, 0.15) is 0 Å². The Labute approximate surface area is 136 Å². The Hall–Kier alpha value is -0.610.